The molecule has 0 radical (unpaired) electrons. The minimum atomic E-state index is 0.00310. The van der Waals surface area contributed by atoms with Crippen molar-refractivity contribution in [2.24, 2.45) is 5.41 Å². The van der Waals surface area contributed by atoms with Gasteiger partial charge in [0.15, 0.2) is 0 Å². The number of hydrogen-bond donors (Lipinski definition) is 1. The van der Waals surface area contributed by atoms with Gasteiger partial charge in [-0.2, -0.15) is 0 Å². The van der Waals surface area contributed by atoms with Crippen LogP contribution in [-0.4, -0.2) is 5.91 Å². The number of hydrogen-bond acceptors (Lipinski definition) is 1. The van der Waals surface area contributed by atoms with Gasteiger partial charge in [-0.1, -0.05) is 57.9 Å². The van der Waals surface area contributed by atoms with Crippen molar-refractivity contribution in [2.45, 2.75) is 59.3 Å². The minimum Gasteiger partial charge on any atom is -0.326 e. The molecule has 2 heteroatoms. The van der Waals surface area contributed by atoms with Crippen molar-refractivity contribution >= 4 is 5.91 Å². The summed E-state index contributed by atoms with van der Waals surface area (Å²) in [5.74, 6) is 0.152. The van der Waals surface area contributed by atoms with Crippen LogP contribution in [0.4, 0.5) is 0 Å². The molecular formula is C17H27NO. The molecule has 1 saturated heterocycles. The molecule has 1 aliphatic rings. The molecule has 0 aromatic heterocycles. The lowest BCUT2D eigenvalue weighted by molar-refractivity contribution is -0.123. The van der Waals surface area contributed by atoms with E-state index in [-0.39, 0.29) is 11.3 Å². The maximum absolute atomic E-state index is 12.0. The molecule has 0 saturated carbocycles. The normalized spacial score (nSPS) is 27.6. The first-order chi connectivity index (χ1) is 9.13. The average Bonchev–Trinajstić information content (AvgIpc) is 2.39. The quantitative estimate of drug-likeness (QED) is 0.749. The highest BCUT2D eigenvalue weighted by molar-refractivity contribution is 5.83. The average molecular weight is 261 g/mol. The predicted molar refractivity (Wildman–Crippen MR) is 81.7 cm³/mol. The Bertz CT molecular complexity index is 392. The molecule has 0 aromatic rings. The van der Waals surface area contributed by atoms with Crippen molar-refractivity contribution < 1.29 is 4.79 Å². The van der Waals surface area contributed by atoms with Gasteiger partial charge in [0.25, 0.3) is 0 Å². The van der Waals surface area contributed by atoms with E-state index < -0.39 is 0 Å². The fraction of sp³-hybridized carbons (Fsp3) is 0.588. The van der Waals surface area contributed by atoms with Crippen LogP contribution in [0.2, 0.25) is 0 Å². The highest BCUT2D eigenvalue weighted by Gasteiger charge is 2.40. The second kappa shape index (κ2) is 7.32. The van der Waals surface area contributed by atoms with E-state index >= 15 is 0 Å². The van der Waals surface area contributed by atoms with Crippen LogP contribution in [0.1, 0.15) is 59.3 Å². The molecule has 106 valence electrons. The molecular weight excluding hydrogens is 234 g/mol. The number of nitrogens with one attached hydrogen (secondary N) is 1. The van der Waals surface area contributed by atoms with Crippen molar-refractivity contribution in [1.29, 1.82) is 0 Å². The largest absolute Gasteiger partial charge is 0.326 e. The van der Waals surface area contributed by atoms with Crippen LogP contribution in [0.25, 0.3) is 0 Å². The van der Waals surface area contributed by atoms with Crippen molar-refractivity contribution in [1.82, 2.24) is 5.32 Å². The molecule has 1 fully saturated rings. The summed E-state index contributed by atoms with van der Waals surface area (Å²) in [4.78, 5) is 12.0. The van der Waals surface area contributed by atoms with E-state index in [4.69, 9.17) is 0 Å². The van der Waals surface area contributed by atoms with E-state index in [1.807, 2.05) is 19.1 Å². The Morgan fingerprint density at radius 2 is 2.05 bits per heavy atom. The third kappa shape index (κ3) is 3.59. The Labute approximate surface area is 117 Å². The summed E-state index contributed by atoms with van der Waals surface area (Å²) in [6, 6.07) is 0. The van der Waals surface area contributed by atoms with Crippen LogP contribution >= 0.6 is 0 Å². The fourth-order valence-corrected chi connectivity index (χ4v) is 3.13. The number of amides is 1. The first-order valence-electron chi connectivity index (χ1n) is 7.43. The Balaban J connectivity index is 3.22. The van der Waals surface area contributed by atoms with Gasteiger partial charge >= 0.3 is 0 Å². The van der Waals surface area contributed by atoms with Crippen molar-refractivity contribution in [2.75, 3.05) is 0 Å². The highest BCUT2D eigenvalue weighted by Crippen LogP contribution is 2.46. The van der Waals surface area contributed by atoms with Gasteiger partial charge in [0.05, 0.1) is 0 Å². The number of carbonyl (C=O) groups is 1. The Hall–Kier alpha value is -1.31. The molecule has 1 amide bonds. The topological polar surface area (TPSA) is 29.1 Å². The molecule has 1 atom stereocenters. The van der Waals surface area contributed by atoms with Crippen LogP contribution in [0.5, 0.6) is 0 Å². The summed E-state index contributed by atoms with van der Waals surface area (Å²) >= 11 is 0. The van der Waals surface area contributed by atoms with E-state index in [1.54, 1.807) is 0 Å². The van der Waals surface area contributed by atoms with Gasteiger partial charge in [-0.05, 0) is 25.3 Å². The zero-order valence-corrected chi connectivity index (χ0v) is 12.6. The minimum absolute atomic E-state index is 0.00310. The number of piperidine rings is 1. The van der Waals surface area contributed by atoms with E-state index in [1.165, 1.54) is 18.4 Å². The number of unbranched alkanes of at least 4 members (excludes halogenated alkanes) is 1. The van der Waals surface area contributed by atoms with Gasteiger partial charge in [0, 0.05) is 17.5 Å². The Morgan fingerprint density at radius 1 is 1.32 bits per heavy atom. The molecule has 0 aliphatic carbocycles. The van der Waals surface area contributed by atoms with Crippen LogP contribution in [-0.2, 0) is 4.79 Å². The van der Waals surface area contributed by atoms with Crippen LogP contribution < -0.4 is 5.32 Å². The van der Waals surface area contributed by atoms with Gasteiger partial charge in [-0.25, -0.2) is 0 Å². The Morgan fingerprint density at radius 3 is 2.58 bits per heavy atom. The van der Waals surface area contributed by atoms with Crippen molar-refractivity contribution in [3.8, 4) is 0 Å². The SMILES string of the molecule is C=C/C=C1\C(=C/C)NC(=O)CC1(CCC)CCCC. The molecule has 2 nitrogen and oxygen atoms in total. The van der Waals surface area contributed by atoms with Crippen LogP contribution in [0, 0.1) is 5.41 Å². The second-order valence-corrected chi connectivity index (χ2v) is 5.38. The third-order valence-electron chi connectivity index (χ3n) is 3.95. The molecule has 1 aliphatic heterocycles. The van der Waals surface area contributed by atoms with Gasteiger partial charge in [-0.3, -0.25) is 4.79 Å². The lowest BCUT2D eigenvalue weighted by Gasteiger charge is -2.41. The molecule has 1 unspecified atom stereocenters. The van der Waals surface area contributed by atoms with Gasteiger partial charge in [-0.15, -0.1) is 0 Å². The molecule has 1 N–H and O–H groups in total. The summed E-state index contributed by atoms with van der Waals surface area (Å²) in [6.07, 6.45) is 12.1. The first-order valence-corrected chi connectivity index (χ1v) is 7.43. The summed E-state index contributed by atoms with van der Waals surface area (Å²) in [7, 11) is 0. The zero-order valence-electron chi connectivity index (χ0n) is 12.6. The van der Waals surface area contributed by atoms with Gasteiger partial charge in [0.2, 0.25) is 5.91 Å². The molecule has 1 rings (SSSR count). The third-order valence-corrected chi connectivity index (χ3v) is 3.95. The molecule has 0 spiro atoms. The van der Waals surface area contributed by atoms with Gasteiger partial charge < -0.3 is 5.32 Å². The lowest BCUT2D eigenvalue weighted by Crippen LogP contribution is -2.41. The monoisotopic (exact) mass is 261 g/mol. The number of allylic oxidation sites excluding steroid dienone is 4. The summed E-state index contributed by atoms with van der Waals surface area (Å²) < 4.78 is 0. The zero-order chi connectivity index (χ0) is 14.3. The fourth-order valence-electron chi connectivity index (χ4n) is 3.13. The maximum Gasteiger partial charge on any atom is 0.225 e. The standard InChI is InChI=1S/C17H27NO/c1-5-9-12-17(11-7-3)13-16(19)18-15(8-4)14(17)10-6-2/h6,8,10H,2,5,7,9,11-13H2,1,3-4H3,(H,18,19)/b14-10+,15-8+. The molecule has 0 aromatic carbocycles. The van der Waals surface area contributed by atoms with Crippen LogP contribution in [0.15, 0.2) is 36.1 Å². The van der Waals surface area contributed by atoms with E-state index in [2.05, 4.69) is 31.8 Å². The highest BCUT2D eigenvalue weighted by atomic mass is 16.1. The smallest absolute Gasteiger partial charge is 0.225 e. The Kier molecular flexibility index (Phi) is 6.07. The number of rotatable bonds is 6. The van der Waals surface area contributed by atoms with Crippen molar-refractivity contribution in [3.05, 3.63) is 36.1 Å². The summed E-state index contributed by atoms with van der Waals surface area (Å²) in [5.41, 5.74) is 2.24. The number of carbonyl (C=O) groups excluding carboxylic acids is 1. The molecule has 0 bridgehead atoms. The second-order valence-electron chi connectivity index (χ2n) is 5.38. The van der Waals surface area contributed by atoms with E-state index in [0.717, 1.165) is 25.0 Å². The van der Waals surface area contributed by atoms with Crippen molar-refractivity contribution in [3.63, 3.8) is 0 Å². The molecule has 1 heterocycles. The van der Waals surface area contributed by atoms with E-state index in [0.29, 0.717) is 6.42 Å². The summed E-state index contributed by atoms with van der Waals surface area (Å²) in [5, 5.41) is 3.00. The van der Waals surface area contributed by atoms with Gasteiger partial charge in [0.1, 0.15) is 0 Å². The van der Waals surface area contributed by atoms with Crippen LogP contribution in [0.3, 0.4) is 0 Å². The summed E-state index contributed by atoms with van der Waals surface area (Å²) in [6.45, 7) is 10.2. The van der Waals surface area contributed by atoms with E-state index in [9.17, 15) is 4.79 Å². The predicted octanol–water partition coefficient (Wildman–Crippen LogP) is 4.50. The lowest BCUT2D eigenvalue weighted by atomic mass is 9.67. The first kappa shape index (κ1) is 15.7. The molecule has 19 heavy (non-hydrogen) atoms. The maximum atomic E-state index is 12.0.